The molecule has 144 valence electrons. The van der Waals surface area contributed by atoms with Gasteiger partial charge in [0.05, 0.1) is 14.2 Å². The molecule has 0 aliphatic rings. The number of carbonyl (C=O) groups is 1. The molecule has 4 heteroatoms. The molecule has 3 aromatic rings. The zero-order valence-corrected chi connectivity index (χ0v) is 16.2. The molecule has 0 radical (unpaired) electrons. The fourth-order valence-electron chi connectivity index (χ4n) is 3.22. The van der Waals surface area contributed by atoms with Crippen LogP contribution < -0.4 is 14.8 Å². The zero-order valence-electron chi connectivity index (χ0n) is 16.2. The van der Waals surface area contributed by atoms with E-state index in [1.165, 1.54) is 5.56 Å². The molecule has 0 heterocycles. The van der Waals surface area contributed by atoms with E-state index in [1.54, 1.807) is 14.2 Å². The van der Waals surface area contributed by atoms with Crippen molar-refractivity contribution >= 4 is 5.91 Å². The summed E-state index contributed by atoms with van der Waals surface area (Å²) in [7, 11) is 3.25. The first-order chi connectivity index (χ1) is 13.7. The number of rotatable bonds is 8. The van der Waals surface area contributed by atoms with Crippen LogP contribution in [-0.2, 0) is 6.42 Å². The van der Waals surface area contributed by atoms with E-state index >= 15 is 0 Å². The maximum Gasteiger partial charge on any atom is 0.251 e. The van der Waals surface area contributed by atoms with E-state index in [2.05, 4.69) is 17.4 Å². The lowest BCUT2D eigenvalue weighted by Crippen LogP contribution is -2.29. The van der Waals surface area contributed by atoms with E-state index in [1.807, 2.05) is 66.7 Å². The van der Waals surface area contributed by atoms with Crippen LogP contribution in [0.3, 0.4) is 0 Å². The first-order valence-corrected chi connectivity index (χ1v) is 9.30. The van der Waals surface area contributed by atoms with Gasteiger partial charge in [0.2, 0.25) is 0 Å². The van der Waals surface area contributed by atoms with E-state index in [0.717, 1.165) is 12.0 Å². The lowest BCUT2D eigenvalue weighted by atomic mass is 9.91. The van der Waals surface area contributed by atoms with Gasteiger partial charge in [-0.2, -0.15) is 0 Å². The molecule has 0 saturated carbocycles. The molecule has 3 rings (SSSR count). The summed E-state index contributed by atoms with van der Waals surface area (Å²) in [5.74, 6) is 1.42. The summed E-state index contributed by atoms with van der Waals surface area (Å²) in [5, 5.41) is 3.07. The summed E-state index contributed by atoms with van der Waals surface area (Å²) in [6, 6.07) is 25.5. The van der Waals surface area contributed by atoms with Crippen molar-refractivity contribution in [2.45, 2.75) is 12.3 Å². The van der Waals surface area contributed by atoms with Crippen molar-refractivity contribution in [2.24, 2.45) is 0 Å². The summed E-state index contributed by atoms with van der Waals surface area (Å²) in [5.41, 5.74) is 2.97. The summed E-state index contributed by atoms with van der Waals surface area (Å²) < 4.78 is 10.8. The quantitative estimate of drug-likeness (QED) is 0.632. The number of carbonyl (C=O) groups excluding carboxylic acids is 1. The predicted octanol–water partition coefficient (Wildman–Crippen LogP) is 4.46. The summed E-state index contributed by atoms with van der Waals surface area (Å²) in [6.07, 6.45) is 0.811. The molecule has 0 aliphatic heterocycles. The van der Waals surface area contributed by atoms with Crippen LogP contribution in [0.5, 0.6) is 11.5 Å². The van der Waals surface area contributed by atoms with Gasteiger partial charge in [-0.15, -0.1) is 0 Å². The highest BCUT2D eigenvalue weighted by Crippen LogP contribution is 2.31. The maximum atomic E-state index is 12.5. The van der Waals surface area contributed by atoms with Gasteiger partial charge in [0, 0.05) is 18.0 Å². The van der Waals surface area contributed by atoms with Gasteiger partial charge in [0.1, 0.15) is 0 Å². The van der Waals surface area contributed by atoms with Gasteiger partial charge >= 0.3 is 0 Å². The molecule has 1 amide bonds. The lowest BCUT2D eigenvalue weighted by Gasteiger charge is -2.20. The van der Waals surface area contributed by atoms with Gasteiger partial charge in [0.15, 0.2) is 11.5 Å². The van der Waals surface area contributed by atoms with Crippen molar-refractivity contribution in [1.82, 2.24) is 5.32 Å². The Morgan fingerprint density at radius 1 is 0.857 bits per heavy atom. The minimum Gasteiger partial charge on any atom is -0.493 e. The topological polar surface area (TPSA) is 47.6 Å². The molecule has 0 spiro atoms. The zero-order chi connectivity index (χ0) is 19.8. The number of hydrogen-bond donors (Lipinski definition) is 1. The van der Waals surface area contributed by atoms with Crippen LogP contribution in [0, 0.1) is 0 Å². The number of ether oxygens (including phenoxy) is 2. The van der Waals surface area contributed by atoms with E-state index in [9.17, 15) is 4.79 Å². The van der Waals surface area contributed by atoms with Gasteiger partial charge < -0.3 is 14.8 Å². The Kier molecular flexibility index (Phi) is 6.68. The summed E-state index contributed by atoms with van der Waals surface area (Å²) in [4.78, 5) is 12.5. The maximum absolute atomic E-state index is 12.5. The van der Waals surface area contributed by atoms with Crippen LogP contribution in [0.15, 0.2) is 78.9 Å². The fraction of sp³-hybridized carbons (Fsp3) is 0.208. The minimum atomic E-state index is -0.0702. The fourth-order valence-corrected chi connectivity index (χ4v) is 3.22. The molecule has 1 atom stereocenters. The second-order valence-corrected chi connectivity index (χ2v) is 6.58. The Hall–Kier alpha value is -3.27. The number of methoxy groups -OCH3 is 2. The molecule has 0 fully saturated rings. The molecule has 3 aromatic carbocycles. The number of benzene rings is 3. The third-order valence-electron chi connectivity index (χ3n) is 4.75. The van der Waals surface area contributed by atoms with E-state index in [4.69, 9.17) is 9.47 Å². The van der Waals surface area contributed by atoms with Crippen molar-refractivity contribution in [2.75, 3.05) is 20.8 Å². The van der Waals surface area contributed by atoms with E-state index in [-0.39, 0.29) is 11.8 Å². The van der Waals surface area contributed by atoms with Crippen LogP contribution in [0.25, 0.3) is 0 Å². The molecular formula is C24H25NO3. The van der Waals surface area contributed by atoms with E-state index in [0.29, 0.717) is 23.6 Å². The Morgan fingerprint density at radius 3 is 2.14 bits per heavy atom. The van der Waals surface area contributed by atoms with Gasteiger partial charge in [0.25, 0.3) is 5.91 Å². The van der Waals surface area contributed by atoms with Crippen molar-refractivity contribution in [3.63, 3.8) is 0 Å². The van der Waals surface area contributed by atoms with Gasteiger partial charge in [-0.1, -0.05) is 54.6 Å². The molecule has 1 unspecified atom stereocenters. The molecule has 4 nitrogen and oxygen atoms in total. The van der Waals surface area contributed by atoms with Gasteiger partial charge in [-0.05, 0) is 41.8 Å². The first kappa shape index (κ1) is 19.5. The lowest BCUT2D eigenvalue weighted by molar-refractivity contribution is 0.0951. The monoisotopic (exact) mass is 375 g/mol. The van der Waals surface area contributed by atoms with Crippen LogP contribution >= 0.6 is 0 Å². The number of nitrogens with one attached hydrogen (secondary N) is 1. The van der Waals surface area contributed by atoms with Crippen LogP contribution in [-0.4, -0.2) is 26.7 Å². The highest BCUT2D eigenvalue weighted by molar-refractivity contribution is 5.94. The van der Waals surface area contributed by atoms with Crippen molar-refractivity contribution in [3.8, 4) is 11.5 Å². The molecular weight excluding hydrogens is 350 g/mol. The third kappa shape index (κ3) is 4.92. The predicted molar refractivity (Wildman–Crippen MR) is 111 cm³/mol. The molecule has 0 aliphatic carbocycles. The summed E-state index contributed by atoms with van der Waals surface area (Å²) >= 11 is 0. The molecule has 0 aromatic heterocycles. The van der Waals surface area contributed by atoms with Gasteiger partial charge in [-0.3, -0.25) is 4.79 Å². The standard InChI is InChI=1S/C24H25NO3/c1-27-22-14-13-20(16-23(22)28-2)21(15-18-9-5-3-6-10-18)17-25-24(26)19-11-7-4-8-12-19/h3-14,16,21H,15,17H2,1-2H3,(H,25,26). The average molecular weight is 375 g/mol. The third-order valence-corrected chi connectivity index (χ3v) is 4.75. The second kappa shape index (κ2) is 9.60. The number of amides is 1. The smallest absolute Gasteiger partial charge is 0.251 e. The Morgan fingerprint density at radius 2 is 1.50 bits per heavy atom. The van der Waals surface area contributed by atoms with Crippen molar-refractivity contribution in [3.05, 3.63) is 95.6 Å². The SMILES string of the molecule is COc1ccc(C(CNC(=O)c2ccccc2)Cc2ccccc2)cc1OC. The largest absolute Gasteiger partial charge is 0.493 e. The Bertz CT molecular complexity index is 894. The first-order valence-electron chi connectivity index (χ1n) is 9.30. The van der Waals surface area contributed by atoms with Crippen molar-refractivity contribution in [1.29, 1.82) is 0 Å². The molecule has 0 bridgehead atoms. The molecule has 0 saturated heterocycles. The minimum absolute atomic E-state index is 0.0702. The average Bonchev–Trinajstić information content (AvgIpc) is 2.77. The Balaban J connectivity index is 1.82. The highest BCUT2D eigenvalue weighted by Gasteiger charge is 2.17. The van der Waals surface area contributed by atoms with Crippen LogP contribution in [0.1, 0.15) is 27.4 Å². The molecule has 28 heavy (non-hydrogen) atoms. The second-order valence-electron chi connectivity index (χ2n) is 6.58. The summed E-state index contributed by atoms with van der Waals surface area (Å²) in [6.45, 7) is 0.526. The van der Waals surface area contributed by atoms with Crippen molar-refractivity contribution < 1.29 is 14.3 Å². The normalized spacial score (nSPS) is 11.5. The highest BCUT2D eigenvalue weighted by atomic mass is 16.5. The molecule has 1 N–H and O–H groups in total. The van der Waals surface area contributed by atoms with Crippen LogP contribution in [0.4, 0.5) is 0 Å². The number of hydrogen-bond acceptors (Lipinski definition) is 3. The Labute approximate surface area is 166 Å². The van der Waals surface area contributed by atoms with Crippen LogP contribution in [0.2, 0.25) is 0 Å². The van der Waals surface area contributed by atoms with E-state index < -0.39 is 0 Å². The van der Waals surface area contributed by atoms with Gasteiger partial charge in [-0.25, -0.2) is 0 Å².